The number of pyridine rings is 1. The Hall–Kier alpha value is -3.47. The van der Waals surface area contributed by atoms with Gasteiger partial charge in [-0.15, -0.1) is 0 Å². The first-order chi connectivity index (χ1) is 16.3. The fourth-order valence-electron chi connectivity index (χ4n) is 4.31. The molecule has 1 amide bonds. The van der Waals surface area contributed by atoms with E-state index in [9.17, 15) is 14.4 Å². The van der Waals surface area contributed by atoms with Gasteiger partial charge in [0.15, 0.2) is 5.65 Å². The fraction of sp³-hybridized carbons (Fsp3) is 0.522. The summed E-state index contributed by atoms with van der Waals surface area (Å²) in [6, 6.07) is 3.81. The molecule has 0 aromatic carbocycles. The first-order valence-electron chi connectivity index (χ1n) is 11.5. The summed E-state index contributed by atoms with van der Waals surface area (Å²) in [5.74, 6) is 1.35. The van der Waals surface area contributed by atoms with E-state index in [1.807, 2.05) is 31.0 Å². The second kappa shape index (κ2) is 9.80. The molecule has 1 N–H and O–H groups in total. The van der Waals surface area contributed by atoms with Gasteiger partial charge in [0, 0.05) is 65.6 Å². The van der Waals surface area contributed by atoms with Crippen molar-refractivity contribution in [1.82, 2.24) is 29.0 Å². The van der Waals surface area contributed by atoms with Crippen molar-refractivity contribution in [2.45, 2.75) is 45.3 Å². The third-order valence-corrected chi connectivity index (χ3v) is 6.29. The quantitative estimate of drug-likeness (QED) is 0.466. The Balaban J connectivity index is 1.67. The Morgan fingerprint density at radius 2 is 2.00 bits per heavy atom. The predicted octanol–water partition coefficient (Wildman–Crippen LogP) is 1.06. The van der Waals surface area contributed by atoms with Gasteiger partial charge in [0.1, 0.15) is 17.2 Å². The summed E-state index contributed by atoms with van der Waals surface area (Å²) in [5.41, 5.74) is 0.604. The Labute approximate surface area is 197 Å². The van der Waals surface area contributed by atoms with E-state index in [2.05, 4.69) is 15.0 Å². The largest absolute Gasteiger partial charge is 0.385 e. The molecule has 0 spiro atoms. The number of anilines is 1. The van der Waals surface area contributed by atoms with Gasteiger partial charge in [-0.25, -0.2) is 14.8 Å². The number of carbonyl (C=O) groups is 1. The normalized spacial score (nSPS) is 16.1. The van der Waals surface area contributed by atoms with Crippen LogP contribution in [0.25, 0.3) is 22.6 Å². The van der Waals surface area contributed by atoms with Crippen molar-refractivity contribution in [3.8, 4) is 11.4 Å². The number of carbonyl (C=O) groups excluding carboxylic acids is 1. The van der Waals surface area contributed by atoms with Gasteiger partial charge < -0.3 is 19.5 Å². The molecular formula is C23H31N7O4. The lowest BCUT2D eigenvalue weighted by Crippen LogP contribution is -2.40. The number of likely N-dealkylation sites (N-methyl/N-ethyl adjacent to an activating group) is 2. The highest BCUT2D eigenvalue weighted by Gasteiger charge is 2.30. The molecule has 0 aliphatic carbocycles. The highest BCUT2D eigenvalue weighted by atomic mass is 16.5. The van der Waals surface area contributed by atoms with Gasteiger partial charge >= 0.3 is 5.69 Å². The lowest BCUT2D eigenvalue weighted by molar-refractivity contribution is -0.126. The summed E-state index contributed by atoms with van der Waals surface area (Å²) in [6.07, 6.45) is 3.44. The number of amides is 1. The first-order valence-corrected chi connectivity index (χ1v) is 11.5. The number of hydrogen-bond acceptors (Lipinski definition) is 7. The Morgan fingerprint density at radius 3 is 2.62 bits per heavy atom. The van der Waals surface area contributed by atoms with Crippen LogP contribution in [0.15, 0.2) is 27.9 Å². The van der Waals surface area contributed by atoms with Crippen molar-refractivity contribution in [1.29, 1.82) is 0 Å². The molecule has 0 radical (unpaired) electrons. The van der Waals surface area contributed by atoms with Gasteiger partial charge in [0.25, 0.3) is 5.56 Å². The second-order valence-corrected chi connectivity index (χ2v) is 8.67. The molecule has 11 heteroatoms. The molecule has 1 unspecified atom stereocenters. The SMILES string of the molecule is CCCn1c(=O)n(CCCOC)c(=O)c2[nH]c(-c3ccc(N(C)C4CC(=O)N(C)C4)nc3)nc21. The van der Waals surface area contributed by atoms with Crippen LogP contribution < -0.4 is 16.1 Å². The van der Waals surface area contributed by atoms with Crippen molar-refractivity contribution < 1.29 is 9.53 Å². The van der Waals surface area contributed by atoms with Crippen molar-refractivity contribution in [3.05, 3.63) is 39.2 Å². The van der Waals surface area contributed by atoms with Crippen LogP contribution >= 0.6 is 0 Å². The average molecular weight is 470 g/mol. The van der Waals surface area contributed by atoms with Crippen LogP contribution in [0.5, 0.6) is 0 Å². The number of likely N-dealkylation sites (tertiary alicyclic amines) is 1. The number of imidazole rings is 1. The molecule has 182 valence electrons. The number of aromatic amines is 1. The highest BCUT2D eigenvalue weighted by Crippen LogP contribution is 2.23. The highest BCUT2D eigenvalue weighted by molar-refractivity contribution is 5.80. The van der Waals surface area contributed by atoms with Crippen LogP contribution in [0.4, 0.5) is 5.82 Å². The number of hydrogen-bond donors (Lipinski definition) is 1. The number of nitrogens with one attached hydrogen (secondary N) is 1. The van der Waals surface area contributed by atoms with Crippen molar-refractivity contribution in [2.24, 2.45) is 0 Å². The molecule has 3 aromatic rings. The molecule has 1 saturated heterocycles. The van der Waals surface area contributed by atoms with Crippen LogP contribution in [0.2, 0.25) is 0 Å². The summed E-state index contributed by atoms with van der Waals surface area (Å²) in [5, 5.41) is 0. The third kappa shape index (κ3) is 4.35. The van der Waals surface area contributed by atoms with Gasteiger partial charge in [-0.05, 0) is 25.0 Å². The Morgan fingerprint density at radius 1 is 1.21 bits per heavy atom. The average Bonchev–Trinajstić information content (AvgIpc) is 3.42. The molecule has 1 fully saturated rings. The molecule has 3 aromatic heterocycles. The van der Waals surface area contributed by atoms with E-state index in [0.29, 0.717) is 55.1 Å². The van der Waals surface area contributed by atoms with Crippen LogP contribution in [-0.4, -0.2) is 75.3 Å². The molecule has 4 heterocycles. The number of aryl methyl sites for hydroxylation is 1. The summed E-state index contributed by atoms with van der Waals surface area (Å²) < 4.78 is 7.86. The van der Waals surface area contributed by atoms with Crippen molar-refractivity contribution in [2.75, 3.05) is 39.3 Å². The van der Waals surface area contributed by atoms with Crippen molar-refractivity contribution in [3.63, 3.8) is 0 Å². The topological polar surface area (TPSA) is 118 Å². The monoisotopic (exact) mass is 469 g/mol. The number of aromatic nitrogens is 5. The fourth-order valence-corrected chi connectivity index (χ4v) is 4.31. The predicted molar refractivity (Wildman–Crippen MR) is 129 cm³/mol. The number of nitrogens with zero attached hydrogens (tertiary/aromatic N) is 6. The second-order valence-electron chi connectivity index (χ2n) is 8.67. The Bertz CT molecular complexity index is 1290. The molecular weight excluding hydrogens is 438 g/mol. The summed E-state index contributed by atoms with van der Waals surface area (Å²) in [6.45, 7) is 3.83. The van der Waals surface area contributed by atoms with Crippen molar-refractivity contribution >= 4 is 22.9 Å². The number of H-pyrrole nitrogens is 1. The molecule has 4 rings (SSSR count). The van der Waals surface area contributed by atoms with Gasteiger partial charge in [-0.2, -0.15) is 0 Å². The minimum absolute atomic E-state index is 0.0714. The standard InChI is InChI=1S/C23H31N7O4/c1-5-9-29-21-19(22(32)30(23(29)33)10-6-11-34-4)25-20(26-21)15-7-8-17(24-13-15)28(3)16-12-18(31)27(2)14-16/h7-8,13,16H,5-6,9-12,14H2,1-4H3,(H,25,26). The van der Waals surface area contributed by atoms with Gasteiger partial charge in [-0.3, -0.25) is 18.7 Å². The molecule has 1 atom stereocenters. The van der Waals surface area contributed by atoms with Gasteiger partial charge in [-0.1, -0.05) is 6.92 Å². The van der Waals surface area contributed by atoms with Crippen LogP contribution in [0.3, 0.4) is 0 Å². The number of methoxy groups -OCH3 is 1. The molecule has 0 saturated carbocycles. The number of ether oxygens (including phenoxy) is 1. The summed E-state index contributed by atoms with van der Waals surface area (Å²) in [4.78, 5) is 54.0. The van der Waals surface area contributed by atoms with E-state index >= 15 is 0 Å². The van der Waals surface area contributed by atoms with Gasteiger partial charge in [0.2, 0.25) is 5.91 Å². The Kier molecular flexibility index (Phi) is 6.82. The zero-order valence-corrected chi connectivity index (χ0v) is 20.1. The van der Waals surface area contributed by atoms with E-state index in [1.165, 1.54) is 4.57 Å². The third-order valence-electron chi connectivity index (χ3n) is 6.29. The van der Waals surface area contributed by atoms with E-state index in [0.717, 1.165) is 12.2 Å². The summed E-state index contributed by atoms with van der Waals surface area (Å²) >= 11 is 0. The maximum atomic E-state index is 13.1. The smallest absolute Gasteiger partial charge is 0.332 e. The molecule has 1 aliphatic rings. The minimum atomic E-state index is -0.387. The van der Waals surface area contributed by atoms with Crippen LogP contribution in [0, 0.1) is 0 Å². The van der Waals surface area contributed by atoms with Crippen LogP contribution in [0.1, 0.15) is 26.2 Å². The zero-order chi connectivity index (χ0) is 24.4. The molecule has 0 bridgehead atoms. The minimum Gasteiger partial charge on any atom is -0.385 e. The van der Waals surface area contributed by atoms with E-state index < -0.39 is 0 Å². The maximum absolute atomic E-state index is 13.1. The first kappa shape index (κ1) is 23.7. The van der Waals surface area contributed by atoms with Gasteiger partial charge in [0.05, 0.1) is 6.04 Å². The van der Waals surface area contributed by atoms with E-state index in [4.69, 9.17) is 4.74 Å². The van der Waals surface area contributed by atoms with E-state index in [-0.39, 0.29) is 29.7 Å². The van der Waals surface area contributed by atoms with Crippen LogP contribution in [-0.2, 0) is 22.6 Å². The molecule has 11 nitrogen and oxygen atoms in total. The number of fused-ring (bicyclic) bond motifs is 1. The summed E-state index contributed by atoms with van der Waals surface area (Å²) in [7, 11) is 5.32. The molecule has 1 aliphatic heterocycles. The lowest BCUT2D eigenvalue weighted by atomic mass is 10.2. The van der Waals surface area contributed by atoms with E-state index in [1.54, 1.807) is 29.8 Å². The molecule has 34 heavy (non-hydrogen) atoms. The zero-order valence-electron chi connectivity index (χ0n) is 20.1. The number of rotatable bonds is 9. The lowest BCUT2D eigenvalue weighted by Gasteiger charge is -2.24. The maximum Gasteiger partial charge on any atom is 0.332 e.